The van der Waals surface area contributed by atoms with Gasteiger partial charge in [0.25, 0.3) is 0 Å². The lowest BCUT2D eigenvalue weighted by molar-refractivity contribution is -0.124. The molecule has 1 amide bonds. The van der Waals surface area contributed by atoms with Crippen LogP contribution in [0.4, 0.5) is 0 Å². The van der Waals surface area contributed by atoms with E-state index in [1.165, 1.54) is 0 Å². The van der Waals surface area contributed by atoms with Crippen LogP contribution in [0.3, 0.4) is 0 Å². The zero-order valence-electron chi connectivity index (χ0n) is 13.2. The summed E-state index contributed by atoms with van der Waals surface area (Å²) in [7, 11) is 0. The molecule has 1 aromatic carbocycles. The quantitative estimate of drug-likeness (QED) is 0.865. The molecule has 2 fully saturated rings. The Hall–Kier alpha value is -1.73. The van der Waals surface area contributed by atoms with Crippen molar-refractivity contribution in [3.05, 3.63) is 34.9 Å². The van der Waals surface area contributed by atoms with Crippen molar-refractivity contribution < 1.29 is 4.79 Å². The molecule has 1 aliphatic heterocycles. The number of halogens is 1. The van der Waals surface area contributed by atoms with Gasteiger partial charge in [-0.3, -0.25) is 4.79 Å². The summed E-state index contributed by atoms with van der Waals surface area (Å²) >= 11 is 5.95. The molecule has 1 saturated heterocycles. The molecule has 1 atom stereocenters. The Morgan fingerprint density at radius 2 is 2.00 bits per heavy atom. The number of amides is 1. The van der Waals surface area contributed by atoms with Crippen LogP contribution in [-0.4, -0.2) is 29.9 Å². The minimum atomic E-state index is -0.384. The normalized spacial score (nSPS) is 23.3. The third-order valence-electron chi connectivity index (χ3n) is 4.98. The van der Waals surface area contributed by atoms with Crippen molar-refractivity contribution in [1.29, 1.82) is 5.26 Å². The molecule has 1 aliphatic carbocycles. The summed E-state index contributed by atoms with van der Waals surface area (Å²) in [5, 5.41) is 13.1. The number of carbonyl (C=O) groups excluding carboxylic acids is 1. The summed E-state index contributed by atoms with van der Waals surface area (Å²) < 4.78 is 0. The smallest absolute Gasteiger partial charge is 0.230 e. The van der Waals surface area contributed by atoms with E-state index in [9.17, 15) is 10.1 Å². The van der Waals surface area contributed by atoms with E-state index in [4.69, 9.17) is 11.6 Å². The average Bonchev–Trinajstić information content (AvgIpc) is 3.32. The van der Waals surface area contributed by atoms with Gasteiger partial charge in [0.2, 0.25) is 5.91 Å². The molecule has 1 unspecified atom stereocenters. The maximum atomic E-state index is 12.8. The first-order valence-electron chi connectivity index (χ1n) is 8.36. The summed E-state index contributed by atoms with van der Waals surface area (Å²) in [6.07, 6.45) is 8.23. The number of likely N-dealkylation sites (tertiary alicyclic amines) is 1. The molecule has 23 heavy (non-hydrogen) atoms. The van der Waals surface area contributed by atoms with Gasteiger partial charge in [0, 0.05) is 24.2 Å². The van der Waals surface area contributed by atoms with Gasteiger partial charge in [0.15, 0.2) is 6.19 Å². The third-order valence-corrected chi connectivity index (χ3v) is 5.23. The largest absolute Gasteiger partial charge is 0.351 e. The second-order valence-corrected chi connectivity index (χ2v) is 7.09. The van der Waals surface area contributed by atoms with E-state index in [1.807, 2.05) is 24.3 Å². The maximum Gasteiger partial charge on any atom is 0.230 e. The molecule has 0 radical (unpaired) electrons. The van der Waals surface area contributed by atoms with Gasteiger partial charge in [-0.15, -0.1) is 0 Å². The highest BCUT2D eigenvalue weighted by Gasteiger charge is 2.51. The van der Waals surface area contributed by atoms with Gasteiger partial charge in [-0.1, -0.05) is 36.6 Å². The van der Waals surface area contributed by atoms with E-state index in [0.29, 0.717) is 11.6 Å². The highest BCUT2D eigenvalue weighted by Crippen LogP contribution is 2.48. The molecule has 0 spiro atoms. The number of nitrogens with one attached hydrogen (secondary N) is 1. The molecule has 1 heterocycles. The molecule has 4 nitrogen and oxygen atoms in total. The van der Waals surface area contributed by atoms with E-state index in [2.05, 4.69) is 11.5 Å². The van der Waals surface area contributed by atoms with Gasteiger partial charge in [0.05, 0.1) is 5.41 Å². The van der Waals surface area contributed by atoms with Gasteiger partial charge < -0.3 is 10.2 Å². The van der Waals surface area contributed by atoms with Crippen molar-refractivity contribution in [2.24, 2.45) is 0 Å². The Bertz CT molecular complexity index is 604. The molecule has 5 heteroatoms. The summed E-state index contributed by atoms with van der Waals surface area (Å²) in [6.45, 7) is 1.42. The predicted octanol–water partition coefficient (Wildman–Crippen LogP) is 3.21. The lowest BCUT2D eigenvalue weighted by Crippen LogP contribution is -2.47. The number of benzene rings is 1. The van der Waals surface area contributed by atoms with Gasteiger partial charge in [-0.05, 0) is 43.4 Å². The van der Waals surface area contributed by atoms with Crippen LogP contribution in [0.1, 0.15) is 44.1 Å². The maximum absolute atomic E-state index is 12.8. The fraction of sp³-hybridized carbons (Fsp3) is 0.556. The molecule has 0 bridgehead atoms. The summed E-state index contributed by atoms with van der Waals surface area (Å²) in [4.78, 5) is 14.6. The molecule has 122 valence electrons. The standard InChI is InChI=1S/C18H22ClN3O/c19-15-7-5-14(6-8-15)18(9-10-18)17(23)21-16-4-2-1-3-11-22(12-16)13-20/h5-8,16H,1-4,9-12H2,(H,21,23). The Morgan fingerprint density at radius 3 is 2.65 bits per heavy atom. The minimum Gasteiger partial charge on any atom is -0.351 e. The van der Waals surface area contributed by atoms with E-state index in [1.54, 1.807) is 4.90 Å². The summed E-state index contributed by atoms with van der Waals surface area (Å²) in [5.41, 5.74) is 0.659. The Kier molecular flexibility index (Phi) is 4.77. The van der Waals surface area contributed by atoms with Crippen molar-refractivity contribution in [3.63, 3.8) is 0 Å². The van der Waals surface area contributed by atoms with Crippen molar-refractivity contribution >= 4 is 17.5 Å². The second-order valence-electron chi connectivity index (χ2n) is 6.65. The number of carbonyl (C=O) groups is 1. The van der Waals surface area contributed by atoms with Crippen LogP contribution in [-0.2, 0) is 10.2 Å². The van der Waals surface area contributed by atoms with E-state index < -0.39 is 0 Å². The van der Waals surface area contributed by atoms with Crippen LogP contribution < -0.4 is 5.32 Å². The van der Waals surface area contributed by atoms with E-state index in [-0.39, 0.29) is 17.4 Å². The van der Waals surface area contributed by atoms with Crippen molar-refractivity contribution in [2.45, 2.75) is 50.0 Å². The number of nitriles is 1. The highest BCUT2D eigenvalue weighted by molar-refractivity contribution is 6.30. The van der Waals surface area contributed by atoms with Gasteiger partial charge in [-0.2, -0.15) is 5.26 Å². The topological polar surface area (TPSA) is 56.1 Å². The van der Waals surface area contributed by atoms with Gasteiger partial charge in [0.1, 0.15) is 0 Å². The van der Waals surface area contributed by atoms with Gasteiger partial charge >= 0.3 is 0 Å². The Labute approximate surface area is 142 Å². The summed E-state index contributed by atoms with van der Waals surface area (Å²) in [5.74, 6) is 0.100. The molecule has 2 aliphatic rings. The number of hydrogen-bond donors (Lipinski definition) is 1. The number of hydrogen-bond acceptors (Lipinski definition) is 3. The van der Waals surface area contributed by atoms with Crippen molar-refractivity contribution in [3.8, 4) is 6.19 Å². The lowest BCUT2D eigenvalue weighted by Gasteiger charge is -2.28. The average molecular weight is 332 g/mol. The predicted molar refractivity (Wildman–Crippen MR) is 89.9 cm³/mol. The first-order chi connectivity index (χ1) is 11.1. The lowest BCUT2D eigenvalue weighted by atomic mass is 9.94. The van der Waals surface area contributed by atoms with E-state index >= 15 is 0 Å². The van der Waals surface area contributed by atoms with E-state index in [0.717, 1.165) is 50.6 Å². The third kappa shape index (κ3) is 3.61. The van der Waals surface area contributed by atoms with Gasteiger partial charge in [-0.25, -0.2) is 0 Å². The Morgan fingerprint density at radius 1 is 1.26 bits per heavy atom. The zero-order chi connectivity index (χ0) is 16.3. The van der Waals surface area contributed by atoms with Crippen LogP contribution in [0.25, 0.3) is 0 Å². The number of rotatable bonds is 3. The fourth-order valence-corrected chi connectivity index (χ4v) is 3.52. The molecular formula is C18H22ClN3O. The fourth-order valence-electron chi connectivity index (χ4n) is 3.39. The van der Waals surface area contributed by atoms with Crippen LogP contribution >= 0.6 is 11.6 Å². The molecule has 1 aromatic rings. The molecule has 0 aromatic heterocycles. The molecule has 1 saturated carbocycles. The van der Waals surface area contributed by atoms with Crippen LogP contribution in [0.2, 0.25) is 5.02 Å². The van der Waals surface area contributed by atoms with Crippen molar-refractivity contribution in [2.75, 3.05) is 13.1 Å². The first kappa shape index (κ1) is 16.1. The first-order valence-corrected chi connectivity index (χ1v) is 8.73. The Balaban J connectivity index is 1.68. The summed E-state index contributed by atoms with van der Waals surface area (Å²) in [6, 6.07) is 7.66. The molecule has 1 N–H and O–H groups in total. The van der Waals surface area contributed by atoms with Crippen LogP contribution in [0, 0.1) is 11.5 Å². The minimum absolute atomic E-state index is 0.0622. The molecule has 3 rings (SSSR count). The SMILES string of the molecule is N#CN1CCCCCC(NC(=O)C2(c3ccc(Cl)cc3)CC2)C1. The zero-order valence-corrected chi connectivity index (χ0v) is 14.0. The van der Waals surface area contributed by atoms with Crippen LogP contribution in [0.5, 0.6) is 0 Å². The highest BCUT2D eigenvalue weighted by atomic mass is 35.5. The van der Waals surface area contributed by atoms with Crippen LogP contribution in [0.15, 0.2) is 24.3 Å². The van der Waals surface area contributed by atoms with Crippen molar-refractivity contribution in [1.82, 2.24) is 10.2 Å². The monoisotopic (exact) mass is 331 g/mol. The molecular weight excluding hydrogens is 310 g/mol. The number of nitrogens with zero attached hydrogens (tertiary/aromatic N) is 2. The second kappa shape index (κ2) is 6.80.